The van der Waals surface area contributed by atoms with Gasteiger partial charge < -0.3 is 20.7 Å². The van der Waals surface area contributed by atoms with Crippen LogP contribution in [0.2, 0.25) is 5.02 Å². The molecule has 0 unspecified atom stereocenters. The molecule has 0 saturated carbocycles. The second-order valence-corrected chi connectivity index (χ2v) is 6.36. The highest BCUT2D eigenvalue weighted by Gasteiger charge is 2.12. The van der Waals surface area contributed by atoms with Crippen LogP contribution in [0.4, 0.5) is 5.69 Å². The lowest BCUT2D eigenvalue weighted by Crippen LogP contribution is -2.30. The summed E-state index contributed by atoms with van der Waals surface area (Å²) in [5.74, 6) is 0.340. The molecule has 2 aromatic rings. The highest BCUT2D eigenvalue weighted by Crippen LogP contribution is 2.21. The van der Waals surface area contributed by atoms with Gasteiger partial charge >= 0.3 is 0 Å². The molecule has 0 aliphatic heterocycles. The number of benzene rings is 2. The van der Waals surface area contributed by atoms with E-state index in [0.29, 0.717) is 29.4 Å². The largest absolute Gasteiger partial charge is 0.497 e. The summed E-state index contributed by atoms with van der Waals surface area (Å²) in [7, 11) is 1.60. The SMILES string of the molecule is CCCNC(=O)c1ccc(Cl)cc1NCC(=O)NCc1cccc(OC)c1. The quantitative estimate of drug-likeness (QED) is 0.615. The molecule has 144 valence electrons. The number of carbonyl (C=O) groups excluding carboxylic acids is 2. The van der Waals surface area contributed by atoms with E-state index in [-0.39, 0.29) is 18.4 Å². The topological polar surface area (TPSA) is 79.5 Å². The first kappa shape index (κ1) is 20.6. The monoisotopic (exact) mass is 389 g/mol. The Morgan fingerprint density at radius 1 is 1.11 bits per heavy atom. The second kappa shape index (κ2) is 10.4. The van der Waals surface area contributed by atoms with E-state index < -0.39 is 0 Å². The number of anilines is 1. The summed E-state index contributed by atoms with van der Waals surface area (Å²) in [4.78, 5) is 24.4. The summed E-state index contributed by atoms with van der Waals surface area (Å²) in [6.45, 7) is 2.98. The number of carbonyl (C=O) groups is 2. The Morgan fingerprint density at radius 2 is 1.93 bits per heavy atom. The van der Waals surface area contributed by atoms with Gasteiger partial charge in [0.15, 0.2) is 0 Å². The lowest BCUT2D eigenvalue weighted by Gasteiger charge is -2.13. The Hall–Kier alpha value is -2.73. The van der Waals surface area contributed by atoms with E-state index in [1.807, 2.05) is 31.2 Å². The average Bonchev–Trinajstić information content (AvgIpc) is 2.69. The van der Waals surface area contributed by atoms with Gasteiger partial charge in [-0.15, -0.1) is 0 Å². The van der Waals surface area contributed by atoms with Crippen molar-refractivity contribution in [3.05, 3.63) is 58.6 Å². The highest BCUT2D eigenvalue weighted by atomic mass is 35.5. The Kier molecular flexibility index (Phi) is 7.95. The molecule has 6 nitrogen and oxygen atoms in total. The smallest absolute Gasteiger partial charge is 0.253 e. The van der Waals surface area contributed by atoms with Crippen molar-refractivity contribution in [2.45, 2.75) is 19.9 Å². The normalized spacial score (nSPS) is 10.2. The molecular weight excluding hydrogens is 366 g/mol. The molecule has 0 aliphatic carbocycles. The van der Waals surface area contributed by atoms with Gasteiger partial charge in [-0.3, -0.25) is 9.59 Å². The van der Waals surface area contributed by atoms with Crippen molar-refractivity contribution in [2.24, 2.45) is 0 Å². The number of methoxy groups -OCH3 is 1. The van der Waals surface area contributed by atoms with Crippen LogP contribution in [-0.4, -0.2) is 32.0 Å². The molecule has 2 aromatic carbocycles. The molecule has 0 atom stereocenters. The zero-order valence-electron chi connectivity index (χ0n) is 15.5. The van der Waals surface area contributed by atoms with E-state index >= 15 is 0 Å². The Balaban J connectivity index is 1.93. The summed E-state index contributed by atoms with van der Waals surface area (Å²) in [6.07, 6.45) is 0.842. The number of hydrogen-bond acceptors (Lipinski definition) is 4. The Morgan fingerprint density at radius 3 is 2.67 bits per heavy atom. The fourth-order valence-corrected chi connectivity index (χ4v) is 2.59. The summed E-state index contributed by atoms with van der Waals surface area (Å²) in [5, 5.41) is 9.12. The summed E-state index contributed by atoms with van der Waals surface area (Å²) in [5.41, 5.74) is 1.91. The maximum atomic E-state index is 12.2. The highest BCUT2D eigenvalue weighted by molar-refractivity contribution is 6.31. The van der Waals surface area contributed by atoms with E-state index in [1.165, 1.54) is 0 Å². The number of nitrogens with one attached hydrogen (secondary N) is 3. The van der Waals surface area contributed by atoms with Crippen LogP contribution in [0.5, 0.6) is 5.75 Å². The fraction of sp³-hybridized carbons (Fsp3) is 0.300. The molecule has 0 aromatic heterocycles. The Bertz CT molecular complexity index is 796. The predicted octanol–water partition coefficient (Wildman–Crippen LogP) is 3.22. The molecule has 3 N–H and O–H groups in total. The first-order chi connectivity index (χ1) is 13.0. The standard InChI is InChI=1S/C20H24ClN3O3/c1-3-9-22-20(26)17-8-7-15(21)11-18(17)23-13-19(25)24-12-14-5-4-6-16(10-14)27-2/h4-8,10-11,23H,3,9,12-13H2,1-2H3,(H,22,26)(H,24,25). The number of halogens is 1. The van der Waals surface area contributed by atoms with Crippen molar-refractivity contribution in [1.82, 2.24) is 10.6 Å². The van der Waals surface area contributed by atoms with Gasteiger partial charge in [0, 0.05) is 23.8 Å². The van der Waals surface area contributed by atoms with Gasteiger partial charge in [0.1, 0.15) is 5.75 Å². The third-order valence-corrected chi connectivity index (χ3v) is 4.06. The van der Waals surface area contributed by atoms with E-state index in [0.717, 1.165) is 17.7 Å². The molecule has 0 spiro atoms. The van der Waals surface area contributed by atoms with Gasteiger partial charge in [0.05, 0.1) is 19.2 Å². The minimum atomic E-state index is -0.201. The fourth-order valence-electron chi connectivity index (χ4n) is 2.42. The third-order valence-electron chi connectivity index (χ3n) is 3.83. The van der Waals surface area contributed by atoms with Gasteiger partial charge in [0.2, 0.25) is 5.91 Å². The van der Waals surface area contributed by atoms with Crippen molar-refractivity contribution in [3.63, 3.8) is 0 Å². The maximum Gasteiger partial charge on any atom is 0.253 e. The maximum absolute atomic E-state index is 12.2. The second-order valence-electron chi connectivity index (χ2n) is 5.93. The minimum Gasteiger partial charge on any atom is -0.497 e. The van der Waals surface area contributed by atoms with Crippen LogP contribution in [0.3, 0.4) is 0 Å². The van der Waals surface area contributed by atoms with Gasteiger partial charge in [-0.2, -0.15) is 0 Å². The van der Waals surface area contributed by atoms with Crippen molar-refractivity contribution < 1.29 is 14.3 Å². The predicted molar refractivity (Wildman–Crippen MR) is 107 cm³/mol. The van der Waals surface area contributed by atoms with Gasteiger partial charge in [-0.05, 0) is 42.3 Å². The molecule has 0 heterocycles. The van der Waals surface area contributed by atoms with Gasteiger partial charge in [-0.25, -0.2) is 0 Å². The molecule has 2 amide bonds. The molecule has 0 aliphatic rings. The van der Waals surface area contributed by atoms with E-state index in [2.05, 4.69) is 16.0 Å². The lowest BCUT2D eigenvalue weighted by molar-refractivity contribution is -0.119. The third kappa shape index (κ3) is 6.49. The van der Waals surface area contributed by atoms with Crippen LogP contribution in [0.15, 0.2) is 42.5 Å². The molecule has 2 rings (SSSR count). The van der Waals surface area contributed by atoms with Gasteiger partial charge in [0.25, 0.3) is 5.91 Å². The van der Waals surface area contributed by atoms with Crippen LogP contribution >= 0.6 is 11.6 Å². The van der Waals surface area contributed by atoms with Crippen molar-refractivity contribution in [2.75, 3.05) is 25.5 Å². The first-order valence-electron chi connectivity index (χ1n) is 8.74. The zero-order chi connectivity index (χ0) is 19.6. The molecule has 7 heteroatoms. The molecular formula is C20H24ClN3O3. The number of hydrogen-bond donors (Lipinski definition) is 3. The Labute approximate surface area is 164 Å². The molecule has 0 saturated heterocycles. The van der Waals surface area contributed by atoms with Gasteiger partial charge in [-0.1, -0.05) is 30.7 Å². The molecule has 0 fully saturated rings. The van der Waals surface area contributed by atoms with Crippen LogP contribution in [-0.2, 0) is 11.3 Å². The molecule has 0 radical (unpaired) electrons. The van der Waals surface area contributed by atoms with E-state index in [1.54, 1.807) is 25.3 Å². The van der Waals surface area contributed by atoms with Crippen molar-refractivity contribution in [3.8, 4) is 5.75 Å². The van der Waals surface area contributed by atoms with Crippen LogP contribution < -0.4 is 20.7 Å². The summed E-state index contributed by atoms with van der Waals surface area (Å²) < 4.78 is 5.17. The lowest BCUT2D eigenvalue weighted by atomic mass is 10.1. The summed E-state index contributed by atoms with van der Waals surface area (Å²) in [6, 6.07) is 12.4. The minimum absolute atomic E-state index is 0.0262. The van der Waals surface area contributed by atoms with Crippen molar-refractivity contribution >= 4 is 29.1 Å². The molecule has 0 bridgehead atoms. The number of amides is 2. The van der Waals surface area contributed by atoms with Crippen LogP contribution in [0.1, 0.15) is 29.3 Å². The first-order valence-corrected chi connectivity index (χ1v) is 9.12. The molecule has 27 heavy (non-hydrogen) atoms. The zero-order valence-corrected chi connectivity index (χ0v) is 16.2. The average molecular weight is 390 g/mol. The summed E-state index contributed by atoms with van der Waals surface area (Å²) >= 11 is 6.03. The van der Waals surface area contributed by atoms with Crippen LogP contribution in [0.25, 0.3) is 0 Å². The van der Waals surface area contributed by atoms with E-state index in [4.69, 9.17) is 16.3 Å². The number of ether oxygens (including phenoxy) is 1. The van der Waals surface area contributed by atoms with Crippen molar-refractivity contribution in [1.29, 1.82) is 0 Å². The van der Waals surface area contributed by atoms with Crippen LogP contribution in [0, 0.1) is 0 Å². The van der Waals surface area contributed by atoms with E-state index in [9.17, 15) is 9.59 Å². The number of rotatable bonds is 9.